The lowest BCUT2D eigenvalue weighted by molar-refractivity contribution is -0.384. The van der Waals surface area contributed by atoms with Crippen LogP contribution in [0.2, 0.25) is 5.02 Å². The Hall–Kier alpha value is -3.90. The van der Waals surface area contributed by atoms with Gasteiger partial charge in [0.05, 0.1) is 11.5 Å². The average molecular weight is 491 g/mol. The SMILES string of the molecule is CCOc1cc(CNCCNC(=O)c2nonc2N)c(Cl)cc1OCc1ccc([N+](=O)[O-])cc1. The minimum atomic E-state index is -0.480. The molecule has 1 amide bonds. The molecule has 0 saturated heterocycles. The quantitative estimate of drug-likeness (QED) is 0.195. The second-order valence-corrected chi connectivity index (χ2v) is 7.37. The van der Waals surface area contributed by atoms with Gasteiger partial charge in [-0.15, -0.1) is 0 Å². The predicted octanol–water partition coefficient (Wildman–Crippen LogP) is 2.71. The van der Waals surface area contributed by atoms with Gasteiger partial charge in [0.15, 0.2) is 11.5 Å². The number of benzene rings is 2. The summed E-state index contributed by atoms with van der Waals surface area (Å²) < 4.78 is 15.9. The molecule has 13 heteroatoms. The second-order valence-electron chi connectivity index (χ2n) is 6.97. The van der Waals surface area contributed by atoms with E-state index in [0.29, 0.717) is 42.8 Å². The first-order valence-corrected chi connectivity index (χ1v) is 10.6. The van der Waals surface area contributed by atoms with Crippen molar-refractivity contribution < 1.29 is 23.8 Å². The molecule has 1 heterocycles. The fraction of sp³-hybridized carbons (Fsp3) is 0.286. The molecule has 0 saturated carbocycles. The number of aromatic nitrogens is 2. The van der Waals surface area contributed by atoms with Crippen LogP contribution in [-0.4, -0.2) is 40.8 Å². The molecule has 0 radical (unpaired) electrons. The molecule has 0 bridgehead atoms. The Kier molecular flexibility index (Phi) is 8.60. The Bertz CT molecular complexity index is 1140. The first kappa shape index (κ1) is 24.7. The maximum absolute atomic E-state index is 11.9. The van der Waals surface area contributed by atoms with Gasteiger partial charge in [0.2, 0.25) is 11.5 Å². The van der Waals surface area contributed by atoms with E-state index < -0.39 is 10.8 Å². The van der Waals surface area contributed by atoms with Crippen molar-refractivity contribution in [1.29, 1.82) is 0 Å². The summed E-state index contributed by atoms with van der Waals surface area (Å²) in [6.07, 6.45) is 0. The fourth-order valence-electron chi connectivity index (χ4n) is 2.89. The number of ether oxygens (including phenoxy) is 2. The van der Waals surface area contributed by atoms with Crippen molar-refractivity contribution >= 4 is 29.0 Å². The highest BCUT2D eigenvalue weighted by atomic mass is 35.5. The monoisotopic (exact) mass is 490 g/mol. The third kappa shape index (κ3) is 6.56. The van der Waals surface area contributed by atoms with Crippen LogP contribution in [0.15, 0.2) is 41.0 Å². The Morgan fingerprint density at radius 1 is 1.18 bits per heavy atom. The van der Waals surface area contributed by atoms with E-state index in [1.54, 1.807) is 24.3 Å². The van der Waals surface area contributed by atoms with Crippen LogP contribution in [0.4, 0.5) is 11.5 Å². The molecule has 34 heavy (non-hydrogen) atoms. The van der Waals surface area contributed by atoms with E-state index in [-0.39, 0.29) is 23.8 Å². The Morgan fingerprint density at radius 3 is 2.56 bits per heavy atom. The van der Waals surface area contributed by atoms with Crippen LogP contribution in [0.3, 0.4) is 0 Å². The van der Waals surface area contributed by atoms with E-state index in [4.69, 9.17) is 26.8 Å². The highest BCUT2D eigenvalue weighted by Crippen LogP contribution is 2.34. The number of halogens is 1. The Labute approximate surface area is 199 Å². The molecule has 12 nitrogen and oxygen atoms in total. The number of nitro benzene ring substituents is 1. The number of non-ortho nitro benzene ring substituents is 1. The van der Waals surface area contributed by atoms with Crippen molar-refractivity contribution in [1.82, 2.24) is 20.9 Å². The van der Waals surface area contributed by atoms with Crippen LogP contribution >= 0.6 is 11.6 Å². The first-order chi connectivity index (χ1) is 16.4. The summed E-state index contributed by atoms with van der Waals surface area (Å²) >= 11 is 6.43. The normalized spacial score (nSPS) is 10.6. The van der Waals surface area contributed by atoms with Gasteiger partial charge in [0, 0.05) is 42.9 Å². The van der Waals surface area contributed by atoms with Gasteiger partial charge >= 0.3 is 0 Å². The molecule has 3 rings (SSSR count). The summed E-state index contributed by atoms with van der Waals surface area (Å²) in [6.45, 7) is 3.66. The third-order valence-corrected chi connectivity index (χ3v) is 4.94. The molecule has 0 aliphatic carbocycles. The molecule has 0 aliphatic rings. The molecule has 0 aliphatic heterocycles. The van der Waals surface area contributed by atoms with Gasteiger partial charge in [-0.25, -0.2) is 4.63 Å². The van der Waals surface area contributed by atoms with Crippen molar-refractivity contribution in [3.05, 3.63) is 68.4 Å². The molecule has 0 unspecified atom stereocenters. The molecular formula is C21H23ClN6O6. The number of nitrogens with one attached hydrogen (secondary N) is 2. The largest absolute Gasteiger partial charge is 0.490 e. The molecule has 0 spiro atoms. The van der Waals surface area contributed by atoms with E-state index in [1.807, 2.05) is 6.92 Å². The van der Waals surface area contributed by atoms with Gasteiger partial charge in [0.1, 0.15) is 6.61 Å². The lowest BCUT2D eigenvalue weighted by Gasteiger charge is -2.15. The van der Waals surface area contributed by atoms with Crippen LogP contribution in [0.5, 0.6) is 11.5 Å². The van der Waals surface area contributed by atoms with Crippen LogP contribution in [0.1, 0.15) is 28.5 Å². The maximum atomic E-state index is 11.9. The number of carbonyl (C=O) groups is 1. The highest BCUT2D eigenvalue weighted by molar-refractivity contribution is 6.31. The minimum absolute atomic E-state index is 0.0116. The summed E-state index contributed by atoms with van der Waals surface area (Å²) in [6, 6.07) is 9.55. The topological polar surface area (TPSA) is 168 Å². The summed E-state index contributed by atoms with van der Waals surface area (Å²) in [5.41, 5.74) is 6.98. The van der Waals surface area contributed by atoms with Gasteiger partial charge in [-0.2, -0.15) is 0 Å². The minimum Gasteiger partial charge on any atom is -0.490 e. The van der Waals surface area contributed by atoms with Crippen LogP contribution in [-0.2, 0) is 13.2 Å². The van der Waals surface area contributed by atoms with E-state index in [9.17, 15) is 14.9 Å². The maximum Gasteiger partial charge on any atom is 0.277 e. The summed E-state index contributed by atoms with van der Waals surface area (Å²) in [7, 11) is 0. The molecular weight excluding hydrogens is 468 g/mol. The highest BCUT2D eigenvalue weighted by Gasteiger charge is 2.15. The number of nitrogen functional groups attached to an aromatic ring is 1. The number of nitrogens with zero attached hydrogens (tertiary/aromatic N) is 3. The Balaban J connectivity index is 1.54. The number of rotatable bonds is 12. The summed E-state index contributed by atoms with van der Waals surface area (Å²) in [5, 5.41) is 23.9. The van der Waals surface area contributed by atoms with Gasteiger partial charge in [-0.05, 0) is 46.6 Å². The first-order valence-electron chi connectivity index (χ1n) is 10.3. The molecule has 0 fully saturated rings. The zero-order valence-electron chi connectivity index (χ0n) is 18.2. The smallest absolute Gasteiger partial charge is 0.277 e. The van der Waals surface area contributed by atoms with Crippen LogP contribution in [0, 0.1) is 10.1 Å². The molecule has 4 N–H and O–H groups in total. The summed E-state index contributed by atoms with van der Waals surface area (Å²) in [4.78, 5) is 22.2. The van der Waals surface area contributed by atoms with Crippen molar-refractivity contribution in [2.75, 3.05) is 25.4 Å². The average Bonchev–Trinajstić information content (AvgIpc) is 3.25. The molecule has 180 valence electrons. The molecule has 1 aromatic heterocycles. The number of hydrogen-bond acceptors (Lipinski definition) is 10. The standard InChI is InChI=1S/C21H23ClN6O6/c1-2-32-17-9-14(11-24-7-8-25-21(29)19-20(23)27-34-26-19)16(22)10-18(17)33-12-13-3-5-15(6-4-13)28(30)31/h3-6,9-10,24H,2,7-8,11-12H2,1H3,(H2,23,27)(H,25,29). The second kappa shape index (κ2) is 11.8. The molecule has 0 atom stereocenters. The number of hydrogen-bond donors (Lipinski definition) is 3. The van der Waals surface area contributed by atoms with Gasteiger partial charge in [-0.1, -0.05) is 11.6 Å². The summed E-state index contributed by atoms with van der Waals surface area (Å²) in [5.74, 6) is 0.427. The molecule has 2 aromatic carbocycles. The lowest BCUT2D eigenvalue weighted by atomic mass is 10.2. The van der Waals surface area contributed by atoms with Gasteiger partial charge in [-0.3, -0.25) is 14.9 Å². The zero-order chi connectivity index (χ0) is 24.5. The number of amides is 1. The van der Waals surface area contributed by atoms with Crippen molar-refractivity contribution in [2.45, 2.75) is 20.1 Å². The van der Waals surface area contributed by atoms with E-state index >= 15 is 0 Å². The van der Waals surface area contributed by atoms with Crippen molar-refractivity contribution in [2.24, 2.45) is 0 Å². The van der Waals surface area contributed by atoms with E-state index in [1.165, 1.54) is 12.1 Å². The van der Waals surface area contributed by atoms with Gasteiger partial charge < -0.3 is 25.8 Å². The van der Waals surface area contributed by atoms with Crippen molar-refractivity contribution in [3.8, 4) is 11.5 Å². The Morgan fingerprint density at radius 2 is 1.91 bits per heavy atom. The number of carbonyl (C=O) groups excluding carboxylic acids is 1. The predicted molar refractivity (Wildman–Crippen MR) is 123 cm³/mol. The van der Waals surface area contributed by atoms with E-state index in [0.717, 1.165) is 11.1 Å². The van der Waals surface area contributed by atoms with Crippen molar-refractivity contribution in [3.63, 3.8) is 0 Å². The number of nitrogens with two attached hydrogens (primary N) is 1. The van der Waals surface area contributed by atoms with Gasteiger partial charge in [0.25, 0.3) is 11.6 Å². The third-order valence-electron chi connectivity index (χ3n) is 4.59. The van der Waals surface area contributed by atoms with Crippen LogP contribution in [0.25, 0.3) is 0 Å². The molecule has 3 aromatic rings. The van der Waals surface area contributed by atoms with E-state index in [2.05, 4.69) is 25.6 Å². The lowest BCUT2D eigenvalue weighted by Crippen LogP contribution is -2.32. The van der Waals surface area contributed by atoms with Crippen LogP contribution < -0.4 is 25.8 Å². The fourth-order valence-corrected chi connectivity index (χ4v) is 3.11. The zero-order valence-corrected chi connectivity index (χ0v) is 19.0. The number of anilines is 1. The number of nitro groups is 1.